The lowest BCUT2D eigenvalue weighted by atomic mass is 10.2. The van der Waals surface area contributed by atoms with Gasteiger partial charge in [-0.1, -0.05) is 23.2 Å². The van der Waals surface area contributed by atoms with E-state index in [4.69, 9.17) is 23.2 Å². The Bertz CT molecular complexity index is 442. The summed E-state index contributed by atoms with van der Waals surface area (Å²) in [5.41, 5.74) is 0.902. The second-order valence-electron chi connectivity index (χ2n) is 5.52. The monoisotopic (exact) mass is 299 g/mol. The van der Waals surface area contributed by atoms with E-state index >= 15 is 0 Å². The Kier molecular flexibility index (Phi) is 4.27. The van der Waals surface area contributed by atoms with Crippen LogP contribution in [0.5, 0.6) is 0 Å². The first-order chi connectivity index (χ1) is 9.22. The molecule has 0 spiro atoms. The molecule has 1 aromatic heterocycles. The third-order valence-electron chi connectivity index (χ3n) is 3.92. The van der Waals surface area contributed by atoms with Gasteiger partial charge in [0.05, 0.1) is 10.7 Å². The van der Waals surface area contributed by atoms with Gasteiger partial charge >= 0.3 is 0 Å². The van der Waals surface area contributed by atoms with E-state index in [0.717, 1.165) is 30.4 Å². The zero-order valence-electron chi connectivity index (χ0n) is 10.9. The van der Waals surface area contributed by atoms with Gasteiger partial charge in [0.1, 0.15) is 5.15 Å². The van der Waals surface area contributed by atoms with E-state index in [-0.39, 0.29) is 0 Å². The van der Waals surface area contributed by atoms with Crippen molar-refractivity contribution in [1.82, 2.24) is 15.2 Å². The highest BCUT2D eigenvalue weighted by atomic mass is 35.5. The minimum atomic E-state index is 0.522. The second-order valence-corrected chi connectivity index (χ2v) is 6.31. The van der Waals surface area contributed by atoms with Crippen molar-refractivity contribution in [2.45, 2.75) is 44.3 Å². The highest BCUT2D eigenvalue weighted by molar-refractivity contribution is 6.32. The fourth-order valence-electron chi connectivity index (χ4n) is 2.74. The molecule has 19 heavy (non-hydrogen) atoms. The summed E-state index contributed by atoms with van der Waals surface area (Å²) >= 11 is 12.2. The number of pyridine rings is 1. The van der Waals surface area contributed by atoms with Crippen molar-refractivity contribution in [2.24, 2.45) is 0 Å². The van der Waals surface area contributed by atoms with Crippen LogP contribution >= 0.6 is 23.2 Å². The molecule has 1 aliphatic carbocycles. The molecule has 1 aromatic rings. The van der Waals surface area contributed by atoms with Crippen LogP contribution in [0.4, 0.5) is 0 Å². The molecular formula is C14H19Cl2N3. The van der Waals surface area contributed by atoms with Gasteiger partial charge in [0.25, 0.3) is 0 Å². The predicted octanol–water partition coefficient (Wildman–Crippen LogP) is 3.10. The highest BCUT2D eigenvalue weighted by Crippen LogP contribution is 2.30. The van der Waals surface area contributed by atoms with Crippen molar-refractivity contribution in [3.8, 4) is 0 Å². The topological polar surface area (TPSA) is 28.2 Å². The molecule has 1 saturated carbocycles. The van der Waals surface area contributed by atoms with Crippen molar-refractivity contribution < 1.29 is 0 Å². The smallest absolute Gasteiger partial charge is 0.129 e. The molecule has 0 radical (unpaired) electrons. The van der Waals surface area contributed by atoms with Gasteiger partial charge in [0, 0.05) is 25.2 Å². The number of halogens is 2. The Hall–Kier alpha value is -0.350. The molecule has 0 bridgehead atoms. The van der Waals surface area contributed by atoms with Gasteiger partial charge < -0.3 is 5.32 Å². The van der Waals surface area contributed by atoms with Gasteiger partial charge in [0.2, 0.25) is 0 Å². The first-order valence-corrected chi connectivity index (χ1v) is 7.76. The van der Waals surface area contributed by atoms with E-state index < -0.39 is 0 Å². The molecular weight excluding hydrogens is 281 g/mol. The summed E-state index contributed by atoms with van der Waals surface area (Å²) in [6.45, 7) is 3.05. The zero-order valence-corrected chi connectivity index (χ0v) is 12.4. The molecule has 1 aliphatic heterocycles. The molecule has 2 fully saturated rings. The lowest BCUT2D eigenvalue weighted by Gasteiger charge is -2.25. The summed E-state index contributed by atoms with van der Waals surface area (Å²) in [5, 5.41) is 4.80. The predicted molar refractivity (Wildman–Crippen MR) is 78.7 cm³/mol. The van der Waals surface area contributed by atoms with Gasteiger partial charge in [-0.05, 0) is 44.4 Å². The van der Waals surface area contributed by atoms with Crippen LogP contribution < -0.4 is 5.32 Å². The number of aromatic nitrogens is 1. The Morgan fingerprint density at radius 1 is 1.26 bits per heavy atom. The molecule has 3 nitrogen and oxygen atoms in total. The molecule has 104 valence electrons. The van der Waals surface area contributed by atoms with E-state index in [1.165, 1.54) is 25.7 Å². The fourth-order valence-corrected chi connectivity index (χ4v) is 3.07. The van der Waals surface area contributed by atoms with Crippen molar-refractivity contribution >= 4 is 23.2 Å². The average molecular weight is 300 g/mol. The molecule has 2 heterocycles. The molecule has 1 unspecified atom stereocenters. The van der Waals surface area contributed by atoms with Crippen LogP contribution in [0, 0.1) is 0 Å². The van der Waals surface area contributed by atoms with Gasteiger partial charge in [-0.25, -0.2) is 4.98 Å². The lowest BCUT2D eigenvalue weighted by Crippen LogP contribution is -2.38. The third kappa shape index (κ3) is 3.60. The maximum atomic E-state index is 6.22. The quantitative estimate of drug-likeness (QED) is 0.847. The summed E-state index contributed by atoms with van der Waals surface area (Å²) in [4.78, 5) is 6.88. The Morgan fingerprint density at radius 3 is 2.79 bits per heavy atom. The van der Waals surface area contributed by atoms with Gasteiger partial charge in [-0.3, -0.25) is 4.90 Å². The van der Waals surface area contributed by atoms with Crippen LogP contribution in [0.25, 0.3) is 0 Å². The Morgan fingerprint density at radius 2 is 2.11 bits per heavy atom. The maximum absolute atomic E-state index is 6.22. The summed E-state index contributed by atoms with van der Waals surface area (Å²) in [5.74, 6) is 0. The highest BCUT2D eigenvalue weighted by Gasteiger charge is 2.31. The van der Waals surface area contributed by atoms with E-state index in [1.807, 2.05) is 6.07 Å². The minimum Gasteiger partial charge on any atom is -0.313 e. The largest absolute Gasteiger partial charge is 0.313 e. The first kappa shape index (κ1) is 13.6. The van der Waals surface area contributed by atoms with Crippen molar-refractivity contribution in [3.05, 3.63) is 28.0 Å². The van der Waals surface area contributed by atoms with E-state index in [1.54, 1.807) is 6.07 Å². The van der Waals surface area contributed by atoms with Crippen LogP contribution in [-0.2, 0) is 6.54 Å². The number of hydrogen-bond donors (Lipinski definition) is 1. The van der Waals surface area contributed by atoms with Crippen LogP contribution in [0.15, 0.2) is 12.1 Å². The number of nitrogens with zero attached hydrogens (tertiary/aromatic N) is 2. The summed E-state index contributed by atoms with van der Waals surface area (Å²) in [6.07, 6.45) is 5.16. The molecule has 2 aliphatic rings. The van der Waals surface area contributed by atoms with Crippen LogP contribution in [-0.4, -0.2) is 35.1 Å². The molecule has 0 amide bonds. The van der Waals surface area contributed by atoms with Gasteiger partial charge in [0.15, 0.2) is 0 Å². The van der Waals surface area contributed by atoms with E-state index in [0.29, 0.717) is 17.2 Å². The van der Waals surface area contributed by atoms with Crippen LogP contribution in [0.1, 0.15) is 31.4 Å². The SMILES string of the molecule is Clc1ccc(Cl)c(CN(CC2CCCN2)C2CC2)n1. The molecule has 1 N–H and O–H groups in total. The third-order valence-corrected chi connectivity index (χ3v) is 4.47. The lowest BCUT2D eigenvalue weighted by molar-refractivity contribution is 0.228. The minimum absolute atomic E-state index is 0.522. The number of hydrogen-bond acceptors (Lipinski definition) is 3. The first-order valence-electron chi connectivity index (χ1n) is 7.01. The zero-order chi connectivity index (χ0) is 13.2. The van der Waals surface area contributed by atoms with E-state index in [9.17, 15) is 0 Å². The number of nitrogens with one attached hydrogen (secondary N) is 1. The molecule has 5 heteroatoms. The second kappa shape index (κ2) is 5.96. The summed E-state index contributed by atoms with van der Waals surface area (Å²) in [7, 11) is 0. The van der Waals surface area contributed by atoms with Crippen molar-refractivity contribution in [1.29, 1.82) is 0 Å². The Labute approximate surface area is 124 Å². The van der Waals surface area contributed by atoms with Gasteiger partial charge in [-0.2, -0.15) is 0 Å². The fraction of sp³-hybridized carbons (Fsp3) is 0.643. The number of rotatable bonds is 5. The van der Waals surface area contributed by atoms with Crippen molar-refractivity contribution in [3.63, 3.8) is 0 Å². The summed E-state index contributed by atoms with van der Waals surface area (Å²) < 4.78 is 0. The van der Waals surface area contributed by atoms with E-state index in [2.05, 4.69) is 15.2 Å². The average Bonchev–Trinajstić information content (AvgIpc) is 3.12. The molecule has 1 saturated heterocycles. The summed E-state index contributed by atoms with van der Waals surface area (Å²) in [6, 6.07) is 4.91. The molecule has 3 rings (SSSR count). The normalized spacial score (nSPS) is 23.2. The maximum Gasteiger partial charge on any atom is 0.129 e. The molecule has 1 atom stereocenters. The van der Waals surface area contributed by atoms with Gasteiger partial charge in [-0.15, -0.1) is 0 Å². The standard InChI is InChI=1S/C14H19Cl2N3/c15-12-5-6-14(16)18-13(12)9-19(11-3-4-11)8-10-2-1-7-17-10/h5-6,10-11,17H,1-4,7-9H2. The van der Waals surface area contributed by atoms with Crippen LogP contribution in [0.3, 0.4) is 0 Å². The van der Waals surface area contributed by atoms with Crippen LogP contribution in [0.2, 0.25) is 10.2 Å². The van der Waals surface area contributed by atoms with Crippen molar-refractivity contribution in [2.75, 3.05) is 13.1 Å². The Balaban J connectivity index is 1.68. The molecule has 0 aromatic carbocycles.